The number of hydrogen-bond acceptors (Lipinski definition) is 4. The van der Waals surface area contributed by atoms with Gasteiger partial charge < -0.3 is 21.1 Å². The van der Waals surface area contributed by atoms with Crippen molar-refractivity contribution in [1.82, 2.24) is 16.0 Å². The maximum absolute atomic E-state index is 12.2. The summed E-state index contributed by atoms with van der Waals surface area (Å²) in [5, 5.41) is 18.0. The van der Waals surface area contributed by atoms with Crippen molar-refractivity contribution in [1.29, 1.82) is 0 Å². The lowest BCUT2D eigenvalue weighted by Gasteiger charge is -2.28. The molecule has 4 N–H and O–H groups in total. The van der Waals surface area contributed by atoms with Gasteiger partial charge in [0.15, 0.2) is 0 Å². The minimum Gasteiger partial charge on any atom is -0.480 e. The Labute approximate surface area is 134 Å². The molecule has 0 heterocycles. The zero-order chi connectivity index (χ0) is 17.3. The molecule has 0 saturated heterocycles. The van der Waals surface area contributed by atoms with Crippen molar-refractivity contribution in [3.63, 3.8) is 0 Å². The van der Waals surface area contributed by atoms with Gasteiger partial charge in [-0.15, -0.1) is 0 Å². The summed E-state index contributed by atoms with van der Waals surface area (Å²) in [5.41, 5.74) is -0.130. The van der Waals surface area contributed by atoms with Gasteiger partial charge in [0.1, 0.15) is 6.04 Å². The second kappa shape index (κ2) is 9.79. The van der Waals surface area contributed by atoms with E-state index < -0.39 is 12.0 Å². The van der Waals surface area contributed by atoms with E-state index in [0.717, 1.165) is 19.3 Å². The van der Waals surface area contributed by atoms with Crippen molar-refractivity contribution in [2.24, 2.45) is 0 Å². The second-order valence-corrected chi connectivity index (χ2v) is 7.12. The lowest BCUT2D eigenvalue weighted by atomic mass is 10.0. The third kappa shape index (κ3) is 10.6. The number of unbranched alkanes of at least 4 members (excludes halogenated alkanes) is 1. The Morgan fingerprint density at radius 2 is 1.68 bits per heavy atom. The van der Waals surface area contributed by atoms with E-state index in [0.29, 0.717) is 6.54 Å². The first-order valence-corrected chi connectivity index (χ1v) is 8.07. The predicted molar refractivity (Wildman–Crippen MR) is 88.9 cm³/mol. The molecule has 0 rings (SSSR count). The molecule has 0 bridgehead atoms. The van der Waals surface area contributed by atoms with E-state index in [-0.39, 0.29) is 23.5 Å². The molecule has 6 heteroatoms. The van der Waals surface area contributed by atoms with Crippen LogP contribution in [0, 0.1) is 0 Å². The molecule has 0 aromatic carbocycles. The van der Waals surface area contributed by atoms with Crippen LogP contribution in [0.15, 0.2) is 0 Å². The number of carbonyl (C=O) groups is 2. The van der Waals surface area contributed by atoms with Crippen LogP contribution < -0.4 is 16.0 Å². The van der Waals surface area contributed by atoms with Gasteiger partial charge in [-0.1, -0.05) is 6.42 Å². The van der Waals surface area contributed by atoms with Crippen LogP contribution in [-0.4, -0.2) is 47.2 Å². The SMILES string of the molecule is CC(C)NC(=O)[C@H](CCCCNC(C)C(=O)O)NC(C)(C)C. The van der Waals surface area contributed by atoms with Gasteiger partial charge in [0.25, 0.3) is 0 Å². The molecular weight excluding hydrogens is 282 g/mol. The topological polar surface area (TPSA) is 90.5 Å². The van der Waals surface area contributed by atoms with Crippen molar-refractivity contribution in [3.05, 3.63) is 0 Å². The van der Waals surface area contributed by atoms with Gasteiger partial charge in [-0.05, 0) is 60.9 Å². The van der Waals surface area contributed by atoms with Gasteiger partial charge >= 0.3 is 5.97 Å². The van der Waals surface area contributed by atoms with Crippen LogP contribution >= 0.6 is 0 Å². The summed E-state index contributed by atoms with van der Waals surface area (Å²) in [5.74, 6) is -0.819. The van der Waals surface area contributed by atoms with Gasteiger partial charge in [-0.3, -0.25) is 9.59 Å². The smallest absolute Gasteiger partial charge is 0.320 e. The van der Waals surface area contributed by atoms with Crippen LogP contribution in [0.2, 0.25) is 0 Å². The van der Waals surface area contributed by atoms with Crippen molar-refractivity contribution < 1.29 is 14.7 Å². The monoisotopic (exact) mass is 315 g/mol. The first kappa shape index (κ1) is 20.9. The molecule has 0 saturated carbocycles. The molecule has 6 nitrogen and oxygen atoms in total. The van der Waals surface area contributed by atoms with Gasteiger partial charge in [0, 0.05) is 11.6 Å². The molecule has 0 aliphatic heterocycles. The van der Waals surface area contributed by atoms with Crippen molar-refractivity contribution in [2.45, 2.75) is 84.5 Å². The highest BCUT2D eigenvalue weighted by Gasteiger charge is 2.23. The molecular formula is C16H33N3O3. The van der Waals surface area contributed by atoms with E-state index in [1.165, 1.54) is 0 Å². The zero-order valence-corrected chi connectivity index (χ0v) is 14.8. The van der Waals surface area contributed by atoms with Gasteiger partial charge in [0.2, 0.25) is 5.91 Å². The van der Waals surface area contributed by atoms with Crippen molar-refractivity contribution >= 4 is 11.9 Å². The number of carboxylic acid groups (broad SMARTS) is 1. The van der Waals surface area contributed by atoms with E-state index in [4.69, 9.17) is 5.11 Å². The van der Waals surface area contributed by atoms with Gasteiger partial charge in [0.05, 0.1) is 6.04 Å². The molecule has 0 aromatic heterocycles. The highest BCUT2D eigenvalue weighted by Crippen LogP contribution is 2.08. The van der Waals surface area contributed by atoms with E-state index in [2.05, 4.69) is 16.0 Å². The van der Waals surface area contributed by atoms with E-state index in [9.17, 15) is 9.59 Å². The quantitative estimate of drug-likeness (QED) is 0.459. The van der Waals surface area contributed by atoms with Crippen LogP contribution in [-0.2, 0) is 9.59 Å². The first-order chi connectivity index (χ1) is 10.0. The second-order valence-electron chi connectivity index (χ2n) is 7.12. The lowest BCUT2D eigenvalue weighted by molar-refractivity contribution is -0.139. The Hall–Kier alpha value is -1.14. The normalized spacial score (nSPS) is 14.7. The molecule has 130 valence electrons. The van der Waals surface area contributed by atoms with E-state index >= 15 is 0 Å². The van der Waals surface area contributed by atoms with Gasteiger partial charge in [-0.25, -0.2) is 0 Å². The number of carboxylic acids is 1. The maximum atomic E-state index is 12.2. The molecule has 0 aliphatic rings. The third-order valence-electron chi connectivity index (χ3n) is 3.10. The van der Waals surface area contributed by atoms with Crippen LogP contribution in [0.5, 0.6) is 0 Å². The number of amides is 1. The summed E-state index contributed by atoms with van der Waals surface area (Å²) in [6, 6.07) is -0.637. The van der Waals surface area contributed by atoms with Crippen molar-refractivity contribution in [2.75, 3.05) is 6.54 Å². The zero-order valence-electron chi connectivity index (χ0n) is 14.8. The Morgan fingerprint density at radius 1 is 1.09 bits per heavy atom. The molecule has 2 atom stereocenters. The minimum absolute atomic E-state index is 0.0248. The highest BCUT2D eigenvalue weighted by atomic mass is 16.4. The number of aliphatic carboxylic acids is 1. The number of rotatable bonds is 10. The summed E-state index contributed by atoms with van der Waals surface area (Å²) >= 11 is 0. The Balaban J connectivity index is 4.24. The summed E-state index contributed by atoms with van der Waals surface area (Å²) in [7, 11) is 0. The fourth-order valence-corrected chi connectivity index (χ4v) is 2.06. The average molecular weight is 315 g/mol. The van der Waals surface area contributed by atoms with Gasteiger partial charge in [-0.2, -0.15) is 0 Å². The summed E-state index contributed by atoms with van der Waals surface area (Å²) in [4.78, 5) is 22.9. The van der Waals surface area contributed by atoms with E-state index in [1.807, 2.05) is 34.6 Å². The Bertz CT molecular complexity index is 351. The molecule has 0 spiro atoms. The van der Waals surface area contributed by atoms with E-state index in [1.54, 1.807) is 6.92 Å². The van der Waals surface area contributed by atoms with Crippen LogP contribution in [0.25, 0.3) is 0 Å². The molecule has 0 aromatic rings. The van der Waals surface area contributed by atoms with Crippen LogP contribution in [0.1, 0.15) is 60.8 Å². The number of nitrogens with one attached hydrogen (secondary N) is 3. The number of hydrogen-bond donors (Lipinski definition) is 4. The lowest BCUT2D eigenvalue weighted by Crippen LogP contribution is -2.52. The standard InChI is InChI=1S/C16H33N3O3/c1-11(2)18-14(20)13(19-16(4,5)6)9-7-8-10-17-12(3)15(21)22/h11-13,17,19H,7-10H2,1-6H3,(H,18,20)(H,21,22)/t12?,13-/m0/s1. The molecule has 0 radical (unpaired) electrons. The molecule has 1 amide bonds. The predicted octanol–water partition coefficient (Wildman–Crippen LogP) is 1.50. The Morgan fingerprint density at radius 3 is 2.14 bits per heavy atom. The average Bonchev–Trinajstić information content (AvgIpc) is 2.34. The molecule has 1 unspecified atom stereocenters. The summed E-state index contributed by atoms with van der Waals surface area (Å²) < 4.78 is 0. The summed E-state index contributed by atoms with van der Waals surface area (Å²) in [6.07, 6.45) is 2.44. The molecule has 0 fully saturated rings. The minimum atomic E-state index is -0.844. The maximum Gasteiger partial charge on any atom is 0.320 e. The van der Waals surface area contributed by atoms with Crippen LogP contribution in [0.3, 0.4) is 0 Å². The highest BCUT2D eigenvalue weighted by molar-refractivity contribution is 5.82. The fraction of sp³-hybridized carbons (Fsp3) is 0.875. The number of carbonyl (C=O) groups excluding carboxylic acids is 1. The fourth-order valence-electron chi connectivity index (χ4n) is 2.06. The van der Waals surface area contributed by atoms with Crippen molar-refractivity contribution in [3.8, 4) is 0 Å². The Kier molecular flexibility index (Phi) is 9.28. The third-order valence-corrected chi connectivity index (χ3v) is 3.10. The largest absolute Gasteiger partial charge is 0.480 e. The van der Waals surface area contributed by atoms with Crippen LogP contribution in [0.4, 0.5) is 0 Å². The molecule has 22 heavy (non-hydrogen) atoms. The first-order valence-electron chi connectivity index (χ1n) is 8.07. The summed E-state index contributed by atoms with van der Waals surface area (Å²) in [6.45, 7) is 12.3. The molecule has 0 aliphatic carbocycles.